The minimum Gasteiger partial charge on any atom is -0.462 e. The maximum Gasteiger partial charge on any atom is 0.306 e. The van der Waals surface area contributed by atoms with Crippen LogP contribution in [0.25, 0.3) is 0 Å². The first kappa shape index (κ1) is 49.7. The number of hydrogen-bond donors (Lipinski definition) is 2. The van der Waals surface area contributed by atoms with Gasteiger partial charge in [0, 0.05) is 32.0 Å². The first-order chi connectivity index (χ1) is 26.0. The van der Waals surface area contributed by atoms with E-state index in [2.05, 4.69) is 36.0 Å². The molecule has 0 aromatic rings. The summed E-state index contributed by atoms with van der Waals surface area (Å²) in [6.45, 7) is 18.0. The van der Waals surface area contributed by atoms with Crippen molar-refractivity contribution in [2.45, 2.75) is 220 Å². The standard InChI is InChI=1S/C46H85N3O5/c1-8-10-12-14-18-24-31-40(32-25-19-15-13-11-9-2)53-41(50)33-26-20-16-22-28-36-49(38-30-35-48-44-43(47-7)39(3)45(44)52)37-29-23-17-21-27-34-42(51)54-46(4,5)6/h40,47-48H,3,8-38H2,1-2,4-7H3. The van der Waals surface area contributed by atoms with E-state index in [-0.39, 0.29) is 23.8 Å². The van der Waals surface area contributed by atoms with Crippen molar-refractivity contribution < 1.29 is 23.9 Å². The van der Waals surface area contributed by atoms with Gasteiger partial charge in [0.2, 0.25) is 5.78 Å². The Morgan fingerprint density at radius 2 is 1.07 bits per heavy atom. The molecule has 0 amide bonds. The van der Waals surface area contributed by atoms with Crippen LogP contribution in [0.2, 0.25) is 0 Å². The van der Waals surface area contributed by atoms with Gasteiger partial charge in [-0.1, -0.05) is 123 Å². The van der Waals surface area contributed by atoms with Crippen LogP contribution in [0.3, 0.4) is 0 Å². The molecular weight excluding hydrogens is 675 g/mol. The first-order valence-corrected chi connectivity index (χ1v) is 22.6. The second kappa shape index (κ2) is 31.8. The molecular formula is C46H85N3O5. The summed E-state index contributed by atoms with van der Waals surface area (Å²) in [6, 6.07) is 0. The van der Waals surface area contributed by atoms with E-state index in [0.29, 0.717) is 24.1 Å². The van der Waals surface area contributed by atoms with E-state index in [4.69, 9.17) is 9.47 Å². The van der Waals surface area contributed by atoms with Gasteiger partial charge in [0.1, 0.15) is 17.4 Å². The zero-order chi connectivity index (χ0) is 39.9. The monoisotopic (exact) mass is 760 g/mol. The van der Waals surface area contributed by atoms with Crippen LogP contribution in [0.5, 0.6) is 0 Å². The van der Waals surface area contributed by atoms with Crippen molar-refractivity contribution in [2.75, 3.05) is 33.2 Å². The molecule has 0 bridgehead atoms. The fourth-order valence-corrected chi connectivity index (χ4v) is 7.24. The summed E-state index contributed by atoms with van der Waals surface area (Å²) in [7, 11) is 1.82. The predicted octanol–water partition coefficient (Wildman–Crippen LogP) is 11.3. The number of hydrogen-bond acceptors (Lipinski definition) is 8. The van der Waals surface area contributed by atoms with Gasteiger partial charge in [-0.05, 0) is 98.2 Å². The van der Waals surface area contributed by atoms with E-state index in [0.717, 1.165) is 109 Å². The van der Waals surface area contributed by atoms with Crippen molar-refractivity contribution in [2.24, 2.45) is 0 Å². The highest BCUT2D eigenvalue weighted by atomic mass is 16.6. The molecule has 0 aliphatic heterocycles. The number of ether oxygens (including phenoxy) is 2. The molecule has 0 unspecified atom stereocenters. The molecule has 1 aliphatic carbocycles. The Morgan fingerprint density at radius 3 is 1.57 bits per heavy atom. The minimum atomic E-state index is -0.415. The van der Waals surface area contributed by atoms with Crippen LogP contribution >= 0.6 is 0 Å². The van der Waals surface area contributed by atoms with Crippen LogP contribution in [-0.2, 0) is 23.9 Å². The summed E-state index contributed by atoms with van der Waals surface area (Å²) >= 11 is 0. The molecule has 0 heterocycles. The molecule has 0 spiro atoms. The van der Waals surface area contributed by atoms with Crippen LogP contribution in [0.4, 0.5) is 0 Å². The molecule has 0 saturated heterocycles. The summed E-state index contributed by atoms with van der Waals surface area (Å²) in [5.41, 5.74) is 1.63. The number of allylic oxidation sites excluding steroid dienone is 2. The molecule has 54 heavy (non-hydrogen) atoms. The smallest absolute Gasteiger partial charge is 0.306 e. The predicted molar refractivity (Wildman–Crippen MR) is 226 cm³/mol. The largest absolute Gasteiger partial charge is 0.462 e. The number of nitrogens with one attached hydrogen (secondary N) is 2. The van der Waals surface area contributed by atoms with Gasteiger partial charge in [-0.15, -0.1) is 0 Å². The number of rotatable bonds is 37. The van der Waals surface area contributed by atoms with Crippen LogP contribution in [0.15, 0.2) is 23.5 Å². The van der Waals surface area contributed by atoms with Gasteiger partial charge in [-0.2, -0.15) is 0 Å². The van der Waals surface area contributed by atoms with E-state index in [1.54, 1.807) is 0 Å². The Balaban J connectivity index is 2.39. The van der Waals surface area contributed by atoms with E-state index in [1.165, 1.54) is 83.5 Å². The molecule has 0 radical (unpaired) electrons. The summed E-state index contributed by atoms with van der Waals surface area (Å²) < 4.78 is 11.5. The lowest BCUT2D eigenvalue weighted by atomic mass is 9.93. The minimum absolute atomic E-state index is 0.00658. The number of nitrogens with zero attached hydrogens (tertiary/aromatic N) is 1. The second-order valence-corrected chi connectivity index (χ2v) is 16.8. The van der Waals surface area contributed by atoms with E-state index >= 15 is 0 Å². The van der Waals surface area contributed by atoms with E-state index in [1.807, 2.05) is 27.8 Å². The molecule has 314 valence electrons. The fraction of sp³-hybridized carbons (Fsp3) is 0.848. The van der Waals surface area contributed by atoms with E-state index < -0.39 is 5.60 Å². The van der Waals surface area contributed by atoms with Gasteiger partial charge in [0.15, 0.2) is 0 Å². The highest BCUT2D eigenvalue weighted by Crippen LogP contribution is 2.24. The molecule has 0 saturated carbocycles. The molecule has 0 atom stereocenters. The molecule has 8 heteroatoms. The number of unbranched alkanes of at least 4 members (excludes halogenated alkanes) is 18. The lowest BCUT2D eigenvalue weighted by Gasteiger charge is -2.26. The average Bonchev–Trinajstić information content (AvgIpc) is 3.13. The van der Waals surface area contributed by atoms with Gasteiger partial charge in [-0.25, -0.2) is 0 Å². The highest BCUT2D eigenvalue weighted by molar-refractivity contribution is 6.18. The molecule has 2 N–H and O–H groups in total. The Bertz CT molecular complexity index is 1030. The number of likely N-dealkylation sites (N-methyl/N-ethyl adjacent to an activating group) is 1. The highest BCUT2D eigenvalue weighted by Gasteiger charge is 2.30. The molecule has 1 aliphatic rings. The maximum atomic E-state index is 12.8. The number of Topliss-reactive ketones (excluding diaryl/α,β-unsaturated/α-hetero) is 1. The zero-order valence-corrected chi connectivity index (χ0v) is 36.2. The van der Waals surface area contributed by atoms with Gasteiger partial charge in [-0.3, -0.25) is 14.4 Å². The Kier molecular flexibility index (Phi) is 29.3. The van der Waals surface area contributed by atoms with Gasteiger partial charge in [0.05, 0.1) is 5.70 Å². The summed E-state index contributed by atoms with van der Waals surface area (Å²) in [6.07, 6.45) is 30.3. The first-order valence-electron chi connectivity index (χ1n) is 22.6. The van der Waals surface area contributed by atoms with Crippen LogP contribution in [0, 0.1) is 0 Å². The van der Waals surface area contributed by atoms with Gasteiger partial charge in [0.25, 0.3) is 0 Å². The number of carbonyl (C=O) groups excluding carboxylic acids is 3. The number of esters is 2. The van der Waals surface area contributed by atoms with Crippen LogP contribution in [-0.4, -0.2) is 67.6 Å². The number of carbonyl (C=O) groups is 3. The Labute approximate surface area is 332 Å². The lowest BCUT2D eigenvalue weighted by Crippen LogP contribution is -2.38. The third kappa shape index (κ3) is 25.7. The van der Waals surface area contributed by atoms with Crippen molar-refractivity contribution in [3.8, 4) is 0 Å². The third-order valence-electron chi connectivity index (χ3n) is 10.4. The Hall–Kier alpha value is -2.35. The average molecular weight is 760 g/mol. The molecule has 8 nitrogen and oxygen atoms in total. The normalized spacial score (nSPS) is 13.2. The summed E-state index contributed by atoms with van der Waals surface area (Å²) in [4.78, 5) is 39.5. The van der Waals surface area contributed by atoms with Crippen LogP contribution in [0.1, 0.15) is 208 Å². The SMILES string of the molecule is C=C1C(=O)C(NCCCN(CCCCCCCC(=O)OC(CCCCCCCC)CCCCCCCC)CCCCCCCC(=O)OC(C)(C)C)=C1NC. The molecule has 0 fully saturated rings. The maximum absolute atomic E-state index is 12.8. The van der Waals surface area contributed by atoms with Crippen molar-refractivity contribution in [1.82, 2.24) is 15.5 Å². The Morgan fingerprint density at radius 1 is 0.630 bits per heavy atom. The van der Waals surface area contributed by atoms with Gasteiger partial charge >= 0.3 is 11.9 Å². The quantitative estimate of drug-likeness (QED) is 0.0367. The summed E-state index contributed by atoms with van der Waals surface area (Å²) in [5.74, 6) is -0.0802. The van der Waals surface area contributed by atoms with Crippen molar-refractivity contribution in [3.63, 3.8) is 0 Å². The number of ketones is 1. The molecule has 0 aromatic carbocycles. The van der Waals surface area contributed by atoms with Gasteiger partial charge < -0.3 is 25.0 Å². The lowest BCUT2D eigenvalue weighted by molar-refractivity contribution is -0.155. The van der Waals surface area contributed by atoms with Crippen molar-refractivity contribution in [1.29, 1.82) is 0 Å². The summed E-state index contributed by atoms with van der Waals surface area (Å²) in [5, 5.41) is 6.40. The van der Waals surface area contributed by atoms with Crippen molar-refractivity contribution in [3.05, 3.63) is 23.5 Å². The van der Waals surface area contributed by atoms with Crippen molar-refractivity contribution >= 4 is 17.7 Å². The molecule has 0 aromatic heterocycles. The van der Waals surface area contributed by atoms with E-state index in [9.17, 15) is 14.4 Å². The van der Waals surface area contributed by atoms with Crippen LogP contribution < -0.4 is 10.6 Å². The fourth-order valence-electron chi connectivity index (χ4n) is 7.24. The topological polar surface area (TPSA) is 97.0 Å². The molecule has 1 rings (SSSR count). The second-order valence-electron chi connectivity index (χ2n) is 16.8. The third-order valence-corrected chi connectivity index (χ3v) is 10.4. The zero-order valence-electron chi connectivity index (χ0n) is 36.2.